The van der Waals surface area contributed by atoms with Gasteiger partial charge in [0.05, 0.1) is 22.1 Å². The molecule has 0 bridgehead atoms. The molecule has 0 aliphatic carbocycles. The highest BCUT2D eigenvalue weighted by atomic mass is 15.0. The van der Waals surface area contributed by atoms with Crippen LogP contribution in [0.5, 0.6) is 0 Å². The molecule has 0 aliphatic heterocycles. The number of para-hydroxylation sites is 4. The van der Waals surface area contributed by atoms with E-state index in [2.05, 4.69) is 325 Å². The van der Waals surface area contributed by atoms with Crippen LogP contribution in [0.4, 0.5) is 0 Å². The summed E-state index contributed by atoms with van der Waals surface area (Å²) < 4.78 is 4.87. The fourth-order valence-corrected chi connectivity index (χ4v) is 14.6. The highest BCUT2D eigenvalue weighted by molar-refractivity contribution is 6.28. The average molecular weight is 1090 g/mol. The summed E-state index contributed by atoms with van der Waals surface area (Å²) in [6, 6.07) is 118. The fourth-order valence-electron chi connectivity index (χ4n) is 14.6. The average Bonchev–Trinajstić information content (AvgIpc) is 1.36. The van der Waals surface area contributed by atoms with Crippen LogP contribution in [0.2, 0.25) is 0 Å². The minimum atomic E-state index is 1.14. The van der Waals surface area contributed by atoms with E-state index in [0.717, 1.165) is 11.4 Å². The van der Waals surface area contributed by atoms with E-state index in [1.54, 1.807) is 0 Å². The highest BCUT2D eigenvalue weighted by Gasteiger charge is 2.24. The number of aromatic nitrogens is 2. The summed E-state index contributed by atoms with van der Waals surface area (Å²) in [7, 11) is 0. The summed E-state index contributed by atoms with van der Waals surface area (Å²) in [6.45, 7) is 0. The van der Waals surface area contributed by atoms with Crippen LogP contribution in [0.25, 0.3) is 175 Å². The Balaban J connectivity index is 0.978. The van der Waals surface area contributed by atoms with Gasteiger partial charge >= 0.3 is 0 Å². The van der Waals surface area contributed by atoms with Gasteiger partial charge in [-0.15, -0.1) is 0 Å². The second-order valence-electron chi connectivity index (χ2n) is 23.1. The summed E-state index contributed by atoms with van der Waals surface area (Å²) >= 11 is 0. The number of benzene rings is 16. The van der Waals surface area contributed by atoms with Crippen molar-refractivity contribution in [3.8, 4) is 67.0 Å². The molecule has 16 aromatic carbocycles. The molecule has 2 nitrogen and oxygen atoms in total. The lowest BCUT2D eigenvalue weighted by Crippen LogP contribution is -1.95. The number of hydrogen-bond acceptors (Lipinski definition) is 0. The van der Waals surface area contributed by atoms with Crippen molar-refractivity contribution in [2.24, 2.45) is 0 Å². The highest BCUT2D eigenvalue weighted by Crippen LogP contribution is 2.51. The van der Waals surface area contributed by atoms with Crippen LogP contribution in [0.15, 0.2) is 315 Å². The predicted octanol–water partition coefficient (Wildman–Crippen LogP) is 23.1. The van der Waals surface area contributed by atoms with E-state index in [4.69, 9.17) is 0 Å². The number of rotatable bonds is 7. The zero-order chi connectivity index (χ0) is 56.4. The minimum absolute atomic E-state index is 1.14. The molecule has 0 saturated carbocycles. The summed E-state index contributed by atoms with van der Waals surface area (Å²) in [5.41, 5.74) is 19.0. The van der Waals surface area contributed by atoms with Crippen molar-refractivity contribution in [1.29, 1.82) is 0 Å². The molecule has 18 rings (SSSR count). The zero-order valence-corrected chi connectivity index (χ0v) is 46.9. The lowest BCUT2D eigenvalue weighted by molar-refractivity contribution is 1.18. The smallest absolute Gasteiger partial charge is 0.0547 e. The molecule has 2 aromatic heterocycles. The molecule has 398 valence electrons. The first-order valence-electron chi connectivity index (χ1n) is 29.8. The summed E-state index contributed by atoms with van der Waals surface area (Å²) in [4.78, 5) is 0. The molecule has 0 fully saturated rings. The van der Waals surface area contributed by atoms with Gasteiger partial charge < -0.3 is 9.13 Å². The first-order chi connectivity index (χ1) is 42.7. The van der Waals surface area contributed by atoms with E-state index in [0.29, 0.717) is 0 Å². The first kappa shape index (κ1) is 48.2. The van der Waals surface area contributed by atoms with Crippen molar-refractivity contribution in [1.82, 2.24) is 9.13 Å². The first-order valence-corrected chi connectivity index (χ1v) is 29.8. The van der Waals surface area contributed by atoms with Crippen molar-refractivity contribution in [2.75, 3.05) is 0 Å². The van der Waals surface area contributed by atoms with E-state index in [9.17, 15) is 0 Å². The van der Waals surface area contributed by atoms with Crippen LogP contribution in [0, 0.1) is 0 Å². The monoisotopic (exact) mass is 1090 g/mol. The maximum absolute atomic E-state index is 2.51. The van der Waals surface area contributed by atoms with Crippen LogP contribution in [0.1, 0.15) is 0 Å². The number of fused-ring (bicyclic) bond motifs is 12. The molecular formula is C84H52N2. The lowest BCUT2D eigenvalue weighted by atomic mass is 9.81. The largest absolute Gasteiger partial charge is 0.309 e. The third-order valence-electron chi connectivity index (χ3n) is 18.4. The van der Waals surface area contributed by atoms with Gasteiger partial charge in [-0.3, -0.25) is 0 Å². The molecule has 0 saturated heterocycles. The topological polar surface area (TPSA) is 9.86 Å². The van der Waals surface area contributed by atoms with Crippen LogP contribution in [-0.4, -0.2) is 9.13 Å². The Morgan fingerprint density at radius 2 is 0.465 bits per heavy atom. The summed E-state index contributed by atoms with van der Waals surface area (Å²) in [6.07, 6.45) is 0. The van der Waals surface area contributed by atoms with Gasteiger partial charge in [0.1, 0.15) is 0 Å². The van der Waals surface area contributed by atoms with Crippen LogP contribution < -0.4 is 0 Å². The van der Waals surface area contributed by atoms with E-state index in [1.165, 1.54) is 164 Å². The van der Waals surface area contributed by atoms with Crippen molar-refractivity contribution >= 4 is 108 Å². The van der Waals surface area contributed by atoms with Crippen LogP contribution in [-0.2, 0) is 0 Å². The van der Waals surface area contributed by atoms with Crippen molar-refractivity contribution in [3.05, 3.63) is 315 Å². The lowest BCUT2D eigenvalue weighted by Gasteiger charge is -2.22. The predicted molar refractivity (Wildman–Crippen MR) is 367 cm³/mol. The van der Waals surface area contributed by atoms with Crippen molar-refractivity contribution in [3.63, 3.8) is 0 Å². The van der Waals surface area contributed by atoms with Crippen LogP contribution >= 0.6 is 0 Å². The quantitative estimate of drug-likeness (QED) is 0.141. The second kappa shape index (κ2) is 19.1. The summed E-state index contributed by atoms with van der Waals surface area (Å²) in [5, 5.41) is 19.5. The van der Waals surface area contributed by atoms with Gasteiger partial charge in [-0.1, -0.05) is 243 Å². The van der Waals surface area contributed by atoms with Gasteiger partial charge in [0, 0.05) is 32.9 Å². The fraction of sp³-hybridized carbons (Fsp3) is 0. The SMILES string of the molecule is c1ccc(-n2c3ccccc3c3ccc(-c4cccc5c(-c6c7cccc(-c8ccc9ccccc9c8)c7cc7c(-c8ccc9ccccc9c8)cccc67)c6cccc(-c7ccc8c9ccccc9n(-c9ccccc9)c8c7)c6cc45)cc32)cc1. The third kappa shape index (κ3) is 7.40. The Kier molecular flexibility index (Phi) is 10.7. The molecule has 0 spiro atoms. The standard InChI is InChI=1S/C84H52N2/c1-3-23-61(24-4-1)85-79-37-13-11-27-67(79)69-45-43-59(49-81(69)85)65-31-17-35-73-77(65)52-78-66(60-44-46-70-68-28-12-14-38-80(68)86(82(70)50-60)62-25-5-2-6-26-62)32-18-36-74(78)84(73)83-71-33-15-29-63(57-41-39-53-19-7-9-21-55(53)47-57)75(71)51-76-64(30-16-34-72(76)83)58-42-40-54-20-8-10-22-56(54)48-58/h1-52H. The molecule has 0 atom stereocenters. The van der Waals surface area contributed by atoms with Gasteiger partial charge in [0.2, 0.25) is 0 Å². The van der Waals surface area contributed by atoms with Gasteiger partial charge in [0.15, 0.2) is 0 Å². The number of nitrogens with zero attached hydrogens (tertiary/aromatic N) is 2. The van der Waals surface area contributed by atoms with Gasteiger partial charge in [-0.05, 0) is 193 Å². The Hall–Kier alpha value is -11.3. The van der Waals surface area contributed by atoms with Crippen molar-refractivity contribution < 1.29 is 0 Å². The van der Waals surface area contributed by atoms with E-state index in [-0.39, 0.29) is 0 Å². The molecule has 86 heavy (non-hydrogen) atoms. The van der Waals surface area contributed by atoms with Crippen LogP contribution in [0.3, 0.4) is 0 Å². The second-order valence-corrected chi connectivity index (χ2v) is 23.1. The molecule has 18 aromatic rings. The maximum atomic E-state index is 2.51. The van der Waals surface area contributed by atoms with E-state index >= 15 is 0 Å². The van der Waals surface area contributed by atoms with Crippen molar-refractivity contribution in [2.45, 2.75) is 0 Å². The maximum Gasteiger partial charge on any atom is 0.0547 e. The minimum Gasteiger partial charge on any atom is -0.309 e. The van der Waals surface area contributed by atoms with E-state index < -0.39 is 0 Å². The Bertz CT molecular complexity index is 5470. The molecule has 0 aliphatic rings. The third-order valence-corrected chi connectivity index (χ3v) is 18.4. The summed E-state index contributed by atoms with van der Waals surface area (Å²) in [5.74, 6) is 0. The number of hydrogen-bond donors (Lipinski definition) is 0. The Morgan fingerprint density at radius 1 is 0.163 bits per heavy atom. The van der Waals surface area contributed by atoms with Gasteiger partial charge in [-0.25, -0.2) is 0 Å². The Morgan fingerprint density at radius 3 is 0.860 bits per heavy atom. The van der Waals surface area contributed by atoms with E-state index in [1.807, 2.05) is 0 Å². The van der Waals surface area contributed by atoms with Gasteiger partial charge in [0.25, 0.3) is 0 Å². The molecule has 2 heteroatoms. The molecule has 0 amide bonds. The van der Waals surface area contributed by atoms with Gasteiger partial charge in [-0.2, -0.15) is 0 Å². The molecule has 0 unspecified atom stereocenters. The Labute approximate surface area is 496 Å². The normalized spacial score (nSPS) is 12.0. The molecule has 0 N–H and O–H groups in total. The molecular weight excluding hydrogens is 1040 g/mol. The molecule has 2 heterocycles. The zero-order valence-electron chi connectivity index (χ0n) is 46.9. The molecule has 0 radical (unpaired) electrons.